The van der Waals surface area contributed by atoms with Crippen LogP contribution in [0.4, 0.5) is 8.78 Å². The molecule has 1 N–H and O–H groups in total. The van der Waals surface area contributed by atoms with Crippen LogP contribution in [0.15, 0.2) is 12.1 Å². The molecule has 2 atom stereocenters. The topological polar surface area (TPSA) is 82.2 Å². The molecule has 1 aromatic heterocycles. The minimum absolute atomic E-state index is 0.0358. The minimum Gasteiger partial charge on any atom is -0.335 e. The minimum atomic E-state index is -1.56. The molecule has 1 aliphatic rings. The van der Waals surface area contributed by atoms with Gasteiger partial charge in [0.15, 0.2) is 12.0 Å². The van der Waals surface area contributed by atoms with Crippen molar-refractivity contribution in [2.45, 2.75) is 39.9 Å². The number of alkyl halides is 1. The molecule has 3 rings (SSSR count). The van der Waals surface area contributed by atoms with Gasteiger partial charge in [-0.15, -0.1) is 0 Å². The zero-order valence-corrected chi connectivity index (χ0v) is 16.4. The molecular weight excluding hydrogens is 368 g/mol. The Labute approximate surface area is 162 Å². The van der Waals surface area contributed by atoms with E-state index in [1.54, 1.807) is 23.6 Å². The van der Waals surface area contributed by atoms with Crippen molar-refractivity contribution in [3.63, 3.8) is 0 Å². The van der Waals surface area contributed by atoms with Crippen LogP contribution in [0.2, 0.25) is 0 Å². The lowest BCUT2D eigenvalue weighted by molar-refractivity contribution is -0.144. The molecular formula is C19H25F2N5O2. The molecule has 0 spiro atoms. The first-order chi connectivity index (χ1) is 13.2. The van der Waals surface area contributed by atoms with Gasteiger partial charge in [0.25, 0.3) is 11.8 Å². The van der Waals surface area contributed by atoms with Crippen molar-refractivity contribution < 1.29 is 18.4 Å². The molecule has 0 saturated carbocycles. The summed E-state index contributed by atoms with van der Waals surface area (Å²) in [6.07, 6.45) is -1.56. The van der Waals surface area contributed by atoms with E-state index in [4.69, 9.17) is 0 Å². The Morgan fingerprint density at radius 1 is 1.18 bits per heavy atom. The van der Waals surface area contributed by atoms with E-state index in [9.17, 15) is 18.4 Å². The number of fused-ring (bicyclic) bond motifs is 1. The van der Waals surface area contributed by atoms with E-state index in [-0.39, 0.29) is 54.1 Å². The van der Waals surface area contributed by atoms with E-state index < -0.39 is 23.8 Å². The number of nitrogens with one attached hydrogen (secondary N) is 1. The van der Waals surface area contributed by atoms with Gasteiger partial charge in [0.1, 0.15) is 11.0 Å². The summed E-state index contributed by atoms with van der Waals surface area (Å²) >= 11 is 0. The van der Waals surface area contributed by atoms with Gasteiger partial charge in [-0.25, -0.2) is 8.78 Å². The second kappa shape index (κ2) is 7.81. The van der Waals surface area contributed by atoms with E-state index in [1.807, 2.05) is 13.8 Å². The van der Waals surface area contributed by atoms with Gasteiger partial charge in [-0.2, -0.15) is 15.4 Å². The quantitative estimate of drug-likeness (QED) is 0.865. The van der Waals surface area contributed by atoms with Crippen LogP contribution in [0.1, 0.15) is 38.1 Å². The number of hydrogen-bond donors (Lipinski definition) is 1. The van der Waals surface area contributed by atoms with Gasteiger partial charge in [0.05, 0.1) is 6.04 Å². The van der Waals surface area contributed by atoms with Crippen LogP contribution < -0.4 is 0 Å². The van der Waals surface area contributed by atoms with E-state index in [0.717, 1.165) is 6.07 Å². The number of hydrogen-bond acceptors (Lipinski definition) is 4. The number of carbonyl (C=O) groups is 2. The fraction of sp³-hybridized carbons (Fsp3) is 0.579. The maximum atomic E-state index is 14.3. The summed E-state index contributed by atoms with van der Waals surface area (Å²) in [6, 6.07) is 2.33. The first kappa shape index (κ1) is 20.2. The van der Waals surface area contributed by atoms with Gasteiger partial charge in [-0.3, -0.25) is 9.59 Å². The zero-order chi connectivity index (χ0) is 20.6. The highest BCUT2D eigenvalue weighted by molar-refractivity contribution is 5.97. The second-order valence-electron chi connectivity index (χ2n) is 7.89. The Hall–Kier alpha value is -2.58. The number of aromatic amines is 1. The highest BCUT2D eigenvalue weighted by Crippen LogP contribution is 2.23. The summed E-state index contributed by atoms with van der Waals surface area (Å²) in [7, 11) is 0. The Morgan fingerprint density at radius 3 is 2.54 bits per heavy atom. The highest BCUT2D eigenvalue weighted by Gasteiger charge is 2.38. The van der Waals surface area contributed by atoms with E-state index in [2.05, 4.69) is 15.4 Å². The van der Waals surface area contributed by atoms with Crippen LogP contribution >= 0.6 is 0 Å². The third-order valence-electron chi connectivity index (χ3n) is 5.20. The Bertz CT molecular complexity index is 882. The number of piperazine rings is 1. The van der Waals surface area contributed by atoms with Gasteiger partial charge in [0, 0.05) is 25.2 Å². The van der Waals surface area contributed by atoms with Crippen molar-refractivity contribution in [2.24, 2.45) is 11.8 Å². The predicted octanol–water partition coefficient (Wildman–Crippen LogP) is 2.40. The average molecular weight is 393 g/mol. The fourth-order valence-corrected chi connectivity index (χ4v) is 3.50. The van der Waals surface area contributed by atoms with Crippen molar-refractivity contribution in [3.05, 3.63) is 23.5 Å². The second-order valence-corrected chi connectivity index (χ2v) is 7.89. The Morgan fingerprint density at radius 2 is 1.89 bits per heavy atom. The molecule has 2 unspecified atom stereocenters. The molecule has 0 aliphatic carbocycles. The summed E-state index contributed by atoms with van der Waals surface area (Å²) in [5, 5.41) is 9.89. The monoisotopic (exact) mass is 393 g/mol. The maximum absolute atomic E-state index is 14.3. The van der Waals surface area contributed by atoms with Crippen LogP contribution in [0.5, 0.6) is 0 Å². The van der Waals surface area contributed by atoms with E-state index in [0.29, 0.717) is 0 Å². The number of H-pyrrole nitrogens is 1. The van der Waals surface area contributed by atoms with Crippen LogP contribution in [-0.4, -0.2) is 68.9 Å². The Balaban J connectivity index is 1.81. The molecule has 0 radical (unpaired) electrons. The number of amides is 2. The lowest BCUT2D eigenvalue weighted by atomic mass is 9.97. The number of aromatic nitrogens is 3. The van der Waals surface area contributed by atoms with Crippen LogP contribution in [0.25, 0.3) is 11.0 Å². The smallest absolute Gasteiger partial charge is 0.257 e. The number of halogens is 2. The number of carbonyl (C=O) groups excluding carboxylic acids is 2. The van der Waals surface area contributed by atoms with E-state index >= 15 is 0 Å². The fourth-order valence-electron chi connectivity index (χ4n) is 3.50. The zero-order valence-electron chi connectivity index (χ0n) is 16.4. The average Bonchev–Trinajstić information content (AvgIpc) is 3.14. The SMILES string of the molecule is CC(C)C(F)C(=O)N1CCN(C(=O)c2cc(F)c3n[nH]nc3c2)CC1C(C)C. The first-order valence-electron chi connectivity index (χ1n) is 9.44. The molecule has 1 aromatic carbocycles. The van der Waals surface area contributed by atoms with Gasteiger partial charge in [0.2, 0.25) is 0 Å². The predicted molar refractivity (Wildman–Crippen MR) is 99.8 cm³/mol. The summed E-state index contributed by atoms with van der Waals surface area (Å²) in [4.78, 5) is 28.6. The molecule has 152 valence electrons. The van der Waals surface area contributed by atoms with Gasteiger partial charge < -0.3 is 9.80 Å². The highest BCUT2D eigenvalue weighted by atomic mass is 19.1. The molecule has 1 saturated heterocycles. The van der Waals surface area contributed by atoms with Crippen LogP contribution in [-0.2, 0) is 4.79 Å². The summed E-state index contributed by atoms with van der Waals surface area (Å²) < 4.78 is 28.5. The van der Waals surface area contributed by atoms with Crippen LogP contribution in [0, 0.1) is 17.7 Å². The lowest BCUT2D eigenvalue weighted by Gasteiger charge is -2.44. The third kappa shape index (κ3) is 3.70. The molecule has 28 heavy (non-hydrogen) atoms. The van der Waals surface area contributed by atoms with E-state index in [1.165, 1.54) is 6.07 Å². The molecule has 2 amide bonds. The molecule has 2 heterocycles. The summed E-state index contributed by atoms with van der Waals surface area (Å²) in [5.74, 6) is -1.87. The molecule has 7 nitrogen and oxygen atoms in total. The summed E-state index contributed by atoms with van der Waals surface area (Å²) in [5.41, 5.74) is 0.524. The van der Waals surface area contributed by atoms with Crippen molar-refractivity contribution in [1.29, 1.82) is 0 Å². The maximum Gasteiger partial charge on any atom is 0.257 e. The summed E-state index contributed by atoms with van der Waals surface area (Å²) in [6.45, 7) is 7.98. The van der Waals surface area contributed by atoms with Crippen LogP contribution in [0.3, 0.4) is 0 Å². The van der Waals surface area contributed by atoms with Gasteiger partial charge >= 0.3 is 0 Å². The number of benzene rings is 1. The number of rotatable bonds is 4. The van der Waals surface area contributed by atoms with Crippen molar-refractivity contribution in [1.82, 2.24) is 25.2 Å². The first-order valence-corrected chi connectivity index (χ1v) is 9.44. The van der Waals surface area contributed by atoms with Gasteiger partial charge in [-0.05, 0) is 24.0 Å². The third-order valence-corrected chi connectivity index (χ3v) is 5.20. The molecule has 0 bridgehead atoms. The largest absolute Gasteiger partial charge is 0.335 e. The number of nitrogens with zero attached hydrogens (tertiary/aromatic N) is 4. The van der Waals surface area contributed by atoms with Crippen molar-refractivity contribution in [3.8, 4) is 0 Å². The molecule has 9 heteroatoms. The Kier molecular flexibility index (Phi) is 5.62. The standard InChI is InChI=1S/C19H25F2N5O2/c1-10(2)15-9-25(5-6-26(15)19(28)16(21)11(3)4)18(27)12-7-13(20)17-14(8-12)22-24-23-17/h7-8,10-11,15-16H,5-6,9H2,1-4H3,(H,22,23,24). The van der Waals surface area contributed by atoms with Crippen molar-refractivity contribution >= 4 is 22.8 Å². The molecule has 1 aliphatic heterocycles. The normalized spacial score (nSPS) is 18.9. The lowest BCUT2D eigenvalue weighted by Crippen LogP contribution is -2.60. The molecule has 2 aromatic rings. The molecule has 1 fully saturated rings. The van der Waals surface area contributed by atoms with Gasteiger partial charge in [-0.1, -0.05) is 27.7 Å². The van der Waals surface area contributed by atoms with Crippen molar-refractivity contribution in [2.75, 3.05) is 19.6 Å².